The first kappa shape index (κ1) is 15.3. The summed E-state index contributed by atoms with van der Waals surface area (Å²) in [5.41, 5.74) is 0.117. The maximum absolute atomic E-state index is 12.2. The van der Waals surface area contributed by atoms with Crippen LogP contribution >= 0.6 is 0 Å². The zero-order chi connectivity index (χ0) is 14.3. The summed E-state index contributed by atoms with van der Waals surface area (Å²) in [5.74, 6) is 0.243. The van der Waals surface area contributed by atoms with Crippen molar-refractivity contribution in [2.45, 2.75) is 65.5 Å². The van der Waals surface area contributed by atoms with Crippen molar-refractivity contribution in [3.8, 4) is 0 Å². The number of rotatable bonds is 5. The maximum atomic E-state index is 12.2. The van der Waals surface area contributed by atoms with Crippen molar-refractivity contribution < 1.29 is 8.42 Å². The van der Waals surface area contributed by atoms with Gasteiger partial charge in [0, 0.05) is 12.1 Å². The van der Waals surface area contributed by atoms with Gasteiger partial charge in [0.25, 0.3) is 0 Å². The molecule has 19 heavy (non-hydrogen) atoms. The van der Waals surface area contributed by atoms with E-state index in [0.717, 1.165) is 19.4 Å². The van der Waals surface area contributed by atoms with Crippen LogP contribution in [0, 0.1) is 10.8 Å². The van der Waals surface area contributed by atoms with Gasteiger partial charge in [0.1, 0.15) is 0 Å². The van der Waals surface area contributed by atoms with Crippen molar-refractivity contribution in [1.82, 2.24) is 10.0 Å². The van der Waals surface area contributed by atoms with Crippen molar-refractivity contribution in [2.75, 3.05) is 12.3 Å². The average Bonchev–Trinajstić information content (AvgIpc) is 2.70. The maximum Gasteiger partial charge on any atom is 0.211 e. The molecule has 0 bridgehead atoms. The van der Waals surface area contributed by atoms with E-state index in [9.17, 15) is 8.42 Å². The molecule has 112 valence electrons. The van der Waals surface area contributed by atoms with E-state index in [2.05, 4.69) is 37.7 Å². The highest BCUT2D eigenvalue weighted by Crippen LogP contribution is 2.62. The standard InChI is InChI=1S/C14H28N2O2S/c1-13(2)12(14(13,3)4)16-19(17,18)10-8-11-7-5-6-9-15-11/h11-12,15-16H,5-10H2,1-4H3. The molecule has 1 atom stereocenters. The predicted molar refractivity (Wildman–Crippen MR) is 78.5 cm³/mol. The first-order valence-electron chi connectivity index (χ1n) is 7.40. The van der Waals surface area contributed by atoms with Crippen LogP contribution in [0.5, 0.6) is 0 Å². The van der Waals surface area contributed by atoms with Gasteiger partial charge < -0.3 is 5.32 Å². The van der Waals surface area contributed by atoms with Gasteiger partial charge in [0.05, 0.1) is 5.75 Å². The van der Waals surface area contributed by atoms with Crippen molar-refractivity contribution in [2.24, 2.45) is 10.8 Å². The SMILES string of the molecule is CC1(C)C(NS(=O)(=O)CCC2CCCCN2)C1(C)C. The Hall–Kier alpha value is -0.130. The van der Waals surface area contributed by atoms with Crippen LogP contribution in [-0.4, -0.2) is 32.8 Å². The summed E-state index contributed by atoms with van der Waals surface area (Å²) in [6.07, 6.45) is 4.26. The molecule has 0 aromatic rings. The Morgan fingerprint density at radius 1 is 1.16 bits per heavy atom. The third kappa shape index (κ3) is 3.14. The van der Waals surface area contributed by atoms with Crippen molar-refractivity contribution in [3.05, 3.63) is 0 Å². The first-order chi connectivity index (χ1) is 8.67. The molecule has 1 saturated carbocycles. The fraction of sp³-hybridized carbons (Fsp3) is 1.00. The van der Waals surface area contributed by atoms with Crippen LogP contribution in [0.25, 0.3) is 0 Å². The number of hydrogen-bond acceptors (Lipinski definition) is 3. The van der Waals surface area contributed by atoms with Gasteiger partial charge in [-0.25, -0.2) is 13.1 Å². The highest BCUT2D eigenvalue weighted by molar-refractivity contribution is 7.89. The quantitative estimate of drug-likeness (QED) is 0.812. The Labute approximate surface area is 117 Å². The molecule has 5 heteroatoms. The van der Waals surface area contributed by atoms with E-state index in [-0.39, 0.29) is 22.6 Å². The van der Waals surface area contributed by atoms with Crippen molar-refractivity contribution in [1.29, 1.82) is 0 Å². The lowest BCUT2D eigenvalue weighted by molar-refractivity contribution is 0.392. The Balaban J connectivity index is 1.83. The third-order valence-corrected chi connectivity index (χ3v) is 6.83. The Morgan fingerprint density at radius 3 is 2.26 bits per heavy atom. The van der Waals surface area contributed by atoms with Gasteiger partial charge in [-0.3, -0.25) is 0 Å². The van der Waals surface area contributed by atoms with Gasteiger partial charge in [-0.2, -0.15) is 0 Å². The van der Waals surface area contributed by atoms with Crippen LogP contribution in [0.1, 0.15) is 53.4 Å². The summed E-state index contributed by atoms with van der Waals surface area (Å²) in [6, 6.07) is 0.454. The largest absolute Gasteiger partial charge is 0.314 e. The van der Waals surface area contributed by atoms with E-state index in [1.54, 1.807) is 0 Å². The van der Waals surface area contributed by atoms with Gasteiger partial charge in [-0.15, -0.1) is 0 Å². The molecule has 1 heterocycles. The van der Waals surface area contributed by atoms with E-state index in [0.29, 0.717) is 6.04 Å². The zero-order valence-corrected chi connectivity index (χ0v) is 13.4. The average molecular weight is 288 g/mol. The number of piperidine rings is 1. The lowest BCUT2D eigenvalue weighted by Gasteiger charge is -2.23. The summed E-state index contributed by atoms with van der Waals surface area (Å²) in [5, 5.41) is 3.40. The molecule has 1 aliphatic carbocycles. The summed E-state index contributed by atoms with van der Waals surface area (Å²) in [7, 11) is -3.15. The Bertz CT molecular complexity index is 409. The highest BCUT2D eigenvalue weighted by Gasteiger charge is 2.65. The van der Waals surface area contributed by atoms with E-state index < -0.39 is 10.0 Å². The molecule has 2 N–H and O–H groups in total. The normalized spacial score (nSPS) is 30.2. The van der Waals surface area contributed by atoms with Gasteiger partial charge >= 0.3 is 0 Å². The smallest absolute Gasteiger partial charge is 0.211 e. The molecule has 1 aliphatic heterocycles. The van der Waals surface area contributed by atoms with E-state index in [1.807, 2.05) is 0 Å². The third-order valence-electron chi connectivity index (χ3n) is 5.47. The summed E-state index contributed by atoms with van der Waals surface area (Å²) in [4.78, 5) is 0. The Morgan fingerprint density at radius 2 is 1.79 bits per heavy atom. The molecule has 2 rings (SSSR count). The summed E-state index contributed by atoms with van der Waals surface area (Å²) < 4.78 is 27.2. The zero-order valence-electron chi connectivity index (χ0n) is 12.6. The predicted octanol–water partition coefficient (Wildman–Crippen LogP) is 1.87. The van der Waals surface area contributed by atoms with Gasteiger partial charge in [-0.1, -0.05) is 34.1 Å². The second kappa shape index (κ2) is 5.01. The van der Waals surface area contributed by atoms with E-state index in [4.69, 9.17) is 0 Å². The minimum absolute atomic E-state index is 0.0587. The fourth-order valence-corrected chi connectivity index (χ4v) is 4.86. The molecule has 4 nitrogen and oxygen atoms in total. The Kier molecular flexibility index (Phi) is 4.02. The first-order valence-corrected chi connectivity index (χ1v) is 9.05. The van der Waals surface area contributed by atoms with Crippen molar-refractivity contribution in [3.63, 3.8) is 0 Å². The molecular weight excluding hydrogens is 260 g/mol. The minimum Gasteiger partial charge on any atom is -0.314 e. The lowest BCUT2D eigenvalue weighted by atomic mass is 10.0. The van der Waals surface area contributed by atoms with Crippen LogP contribution in [0.4, 0.5) is 0 Å². The minimum atomic E-state index is -3.15. The molecule has 2 aliphatic rings. The van der Waals surface area contributed by atoms with Crippen LogP contribution in [0.15, 0.2) is 0 Å². The molecule has 0 amide bonds. The second-order valence-corrected chi connectivity index (χ2v) is 9.12. The molecule has 0 aromatic heterocycles. The summed E-state index contributed by atoms with van der Waals surface area (Å²) >= 11 is 0. The molecule has 0 radical (unpaired) electrons. The summed E-state index contributed by atoms with van der Waals surface area (Å²) in [6.45, 7) is 9.54. The molecular formula is C14H28N2O2S. The van der Waals surface area contributed by atoms with Gasteiger partial charge in [0.2, 0.25) is 10.0 Å². The van der Waals surface area contributed by atoms with E-state index >= 15 is 0 Å². The van der Waals surface area contributed by atoms with Crippen LogP contribution in [0.2, 0.25) is 0 Å². The number of hydrogen-bond donors (Lipinski definition) is 2. The number of sulfonamides is 1. The topological polar surface area (TPSA) is 58.2 Å². The molecule has 0 aromatic carbocycles. The molecule has 1 saturated heterocycles. The molecule has 0 spiro atoms. The fourth-order valence-electron chi connectivity index (χ4n) is 3.20. The molecule has 1 unspecified atom stereocenters. The van der Waals surface area contributed by atoms with Crippen LogP contribution in [0.3, 0.4) is 0 Å². The monoisotopic (exact) mass is 288 g/mol. The van der Waals surface area contributed by atoms with Crippen LogP contribution in [-0.2, 0) is 10.0 Å². The van der Waals surface area contributed by atoms with Gasteiger partial charge in [0.15, 0.2) is 0 Å². The highest BCUT2D eigenvalue weighted by atomic mass is 32.2. The van der Waals surface area contributed by atoms with E-state index in [1.165, 1.54) is 12.8 Å². The van der Waals surface area contributed by atoms with Crippen LogP contribution < -0.4 is 10.0 Å². The lowest BCUT2D eigenvalue weighted by Crippen LogP contribution is -2.38. The van der Waals surface area contributed by atoms with Gasteiger partial charge in [-0.05, 0) is 36.6 Å². The second-order valence-electron chi connectivity index (χ2n) is 7.25. The number of nitrogens with one attached hydrogen (secondary N) is 2. The van der Waals surface area contributed by atoms with Crippen molar-refractivity contribution >= 4 is 10.0 Å². The molecule has 2 fully saturated rings.